The third-order valence-corrected chi connectivity index (χ3v) is 2.68. The minimum Gasteiger partial charge on any atom is -0.497 e. The molecule has 5 nitrogen and oxygen atoms in total. The molecule has 0 atom stereocenters. The van der Waals surface area contributed by atoms with E-state index in [1.54, 1.807) is 11.6 Å². The third kappa shape index (κ3) is 1.69. The molecule has 89 valence electrons. The van der Waals surface area contributed by atoms with E-state index in [9.17, 15) is 0 Å². The average Bonchev–Trinajstić information content (AvgIpc) is 2.85. The van der Waals surface area contributed by atoms with Crippen LogP contribution in [0, 0.1) is 13.3 Å². The van der Waals surface area contributed by atoms with E-state index in [2.05, 4.69) is 21.4 Å². The summed E-state index contributed by atoms with van der Waals surface area (Å²) in [6.07, 6.45) is 4.42. The van der Waals surface area contributed by atoms with Crippen LogP contribution in [0.5, 0.6) is 5.75 Å². The van der Waals surface area contributed by atoms with E-state index in [0.29, 0.717) is 5.65 Å². The first kappa shape index (κ1) is 10.7. The van der Waals surface area contributed by atoms with E-state index >= 15 is 0 Å². The Kier molecular flexibility index (Phi) is 2.44. The zero-order chi connectivity index (χ0) is 12.5. The van der Waals surface area contributed by atoms with Crippen molar-refractivity contribution in [1.29, 1.82) is 0 Å². The van der Waals surface area contributed by atoms with Crippen LogP contribution in [0.15, 0.2) is 30.5 Å². The summed E-state index contributed by atoms with van der Waals surface area (Å²) in [6.45, 7) is 1.92. The molecule has 0 saturated heterocycles. The molecule has 2 heterocycles. The molecule has 0 aliphatic rings. The van der Waals surface area contributed by atoms with Crippen molar-refractivity contribution in [2.75, 3.05) is 7.11 Å². The summed E-state index contributed by atoms with van der Waals surface area (Å²) < 4.78 is 6.90. The molecule has 18 heavy (non-hydrogen) atoms. The van der Waals surface area contributed by atoms with E-state index in [-0.39, 0.29) is 0 Å². The Hall–Kier alpha value is -2.43. The largest absolute Gasteiger partial charge is 0.497 e. The summed E-state index contributed by atoms with van der Waals surface area (Å²) in [5.74, 6) is 0.789. The highest BCUT2D eigenvalue weighted by Gasteiger charge is 2.10. The van der Waals surface area contributed by atoms with Crippen molar-refractivity contribution >= 4 is 5.65 Å². The minimum absolute atomic E-state index is 0.689. The quantitative estimate of drug-likeness (QED) is 0.685. The van der Waals surface area contributed by atoms with Gasteiger partial charge in [-0.2, -0.15) is 0 Å². The molecule has 1 radical (unpaired) electrons. The second kappa shape index (κ2) is 4.10. The Balaban J connectivity index is 2.26. The maximum Gasteiger partial charge on any atom is 0.221 e. The van der Waals surface area contributed by atoms with Crippen molar-refractivity contribution in [3.8, 4) is 17.0 Å². The molecule has 3 rings (SSSR count). The van der Waals surface area contributed by atoms with Crippen LogP contribution in [-0.4, -0.2) is 26.7 Å². The van der Waals surface area contributed by atoms with E-state index in [4.69, 9.17) is 4.74 Å². The van der Waals surface area contributed by atoms with Crippen LogP contribution < -0.4 is 4.74 Å². The summed E-state index contributed by atoms with van der Waals surface area (Å²) in [5, 5.41) is 4.02. The Bertz CT molecular complexity index is 705. The first-order valence-corrected chi connectivity index (χ1v) is 5.52. The molecule has 0 spiro atoms. The topological polar surface area (TPSA) is 52.3 Å². The van der Waals surface area contributed by atoms with Crippen molar-refractivity contribution in [2.24, 2.45) is 0 Å². The van der Waals surface area contributed by atoms with E-state index in [1.165, 1.54) is 0 Å². The lowest BCUT2D eigenvalue weighted by atomic mass is 10.1. The molecule has 0 fully saturated rings. The Labute approximate surface area is 104 Å². The number of methoxy groups -OCH3 is 1. The number of fused-ring (bicyclic) bond motifs is 1. The molecule has 0 N–H and O–H groups in total. The van der Waals surface area contributed by atoms with Crippen LogP contribution in [0.2, 0.25) is 0 Å². The third-order valence-electron chi connectivity index (χ3n) is 2.68. The van der Waals surface area contributed by atoms with Gasteiger partial charge in [0.25, 0.3) is 0 Å². The normalized spacial score (nSPS) is 10.8. The monoisotopic (exact) mass is 239 g/mol. The molecule has 0 saturated carbocycles. The van der Waals surface area contributed by atoms with Crippen LogP contribution in [0.25, 0.3) is 16.9 Å². The highest BCUT2D eigenvalue weighted by molar-refractivity contribution is 5.74. The molecule has 0 amide bonds. The van der Waals surface area contributed by atoms with E-state index in [1.807, 2.05) is 37.4 Å². The molecular formula is C13H11N4O. The van der Waals surface area contributed by atoms with Gasteiger partial charge in [0.1, 0.15) is 11.4 Å². The Morgan fingerprint density at radius 3 is 3.06 bits per heavy atom. The Morgan fingerprint density at radius 2 is 2.22 bits per heavy atom. The zero-order valence-corrected chi connectivity index (χ0v) is 10.1. The standard InChI is InChI=1S/C13H11N4O/c1-9-7-17-13(14-8-15-17)12(16-9)10-4-3-5-11(6-10)18-2/h3-7H,1-2H3. The molecule has 0 aliphatic heterocycles. The first-order chi connectivity index (χ1) is 8.78. The second-order valence-electron chi connectivity index (χ2n) is 3.94. The minimum atomic E-state index is 0.689. The highest BCUT2D eigenvalue weighted by Crippen LogP contribution is 2.24. The van der Waals surface area contributed by atoms with Crippen LogP contribution in [0.3, 0.4) is 0 Å². The maximum absolute atomic E-state index is 5.22. The predicted molar refractivity (Wildman–Crippen MR) is 66.3 cm³/mol. The fourth-order valence-corrected chi connectivity index (χ4v) is 1.86. The van der Waals surface area contributed by atoms with Crippen molar-refractivity contribution in [2.45, 2.75) is 6.92 Å². The summed E-state index contributed by atoms with van der Waals surface area (Å²) >= 11 is 0. The van der Waals surface area contributed by atoms with E-state index < -0.39 is 0 Å². The number of ether oxygens (including phenoxy) is 1. The number of rotatable bonds is 2. The number of benzene rings is 1. The van der Waals surface area contributed by atoms with Crippen molar-refractivity contribution in [1.82, 2.24) is 19.6 Å². The lowest BCUT2D eigenvalue weighted by molar-refractivity contribution is 0.415. The summed E-state index contributed by atoms with van der Waals surface area (Å²) in [4.78, 5) is 8.64. The summed E-state index contributed by atoms with van der Waals surface area (Å²) in [7, 11) is 1.64. The number of aromatic nitrogens is 4. The molecule has 0 bridgehead atoms. The van der Waals surface area contributed by atoms with Crippen LogP contribution in [-0.2, 0) is 0 Å². The van der Waals surface area contributed by atoms with Gasteiger partial charge in [0.2, 0.25) is 6.33 Å². The molecule has 2 aromatic heterocycles. The van der Waals surface area contributed by atoms with Crippen molar-refractivity contribution in [3.63, 3.8) is 0 Å². The SMILES string of the molecule is COc1cccc(-c2nc(C)cn3n[c]nc23)c1. The summed E-state index contributed by atoms with van der Waals surface area (Å²) in [5.41, 5.74) is 3.29. The van der Waals surface area contributed by atoms with Gasteiger partial charge in [0, 0.05) is 5.56 Å². The molecule has 1 aromatic carbocycles. The van der Waals surface area contributed by atoms with Gasteiger partial charge >= 0.3 is 0 Å². The summed E-state index contributed by atoms with van der Waals surface area (Å²) in [6, 6.07) is 7.72. The van der Waals surface area contributed by atoms with Gasteiger partial charge in [-0.25, -0.2) is 14.5 Å². The van der Waals surface area contributed by atoms with Gasteiger partial charge < -0.3 is 4.74 Å². The predicted octanol–water partition coefficient (Wildman–Crippen LogP) is 1.91. The maximum atomic E-state index is 5.22. The number of hydrogen-bond acceptors (Lipinski definition) is 4. The van der Waals surface area contributed by atoms with Gasteiger partial charge in [-0.1, -0.05) is 12.1 Å². The molecule has 3 aromatic rings. The van der Waals surface area contributed by atoms with Crippen LogP contribution in [0.1, 0.15) is 5.69 Å². The molecule has 0 unspecified atom stereocenters. The fraction of sp³-hybridized carbons (Fsp3) is 0.154. The number of hydrogen-bond donors (Lipinski definition) is 0. The number of nitrogens with zero attached hydrogens (tertiary/aromatic N) is 4. The Morgan fingerprint density at radius 1 is 1.33 bits per heavy atom. The lowest BCUT2D eigenvalue weighted by Crippen LogP contribution is -1.97. The average molecular weight is 239 g/mol. The fourth-order valence-electron chi connectivity index (χ4n) is 1.86. The zero-order valence-electron chi connectivity index (χ0n) is 10.1. The lowest BCUT2D eigenvalue weighted by Gasteiger charge is -2.06. The molecule has 0 aliphatic carbocycles. The van der Waals surface area contributed by atoms with Crippen molar-refractivity contribution in [3.05, 3.63) is 42.5 Å². The highest BCUT2D eigenvalue weighted by atomic mass is 16.5. The second-order valence-corrected chi connectivity index (χ2v) is 3.94. The van der Waals surface area contributed by atoms with Gasteiger partial charge in [-0.3, -0.25) is 0 Å². The first-order valence-electron chi connectivity index (χ1n) is 5.52. The number of aryl methyl sites for hydroxylation is 1. The smallest absolute Gasteiger partial charge is 0.221 e. The molecule has 5 heteroatoms. The van der Waals surface area contributed by atoms with Gasteiger partial charge in [-0.05, 0) is 19.1 Å². The van der Waals surface area contributed by atoms with E-state index in [0.717, 1.165) is 22.7 Å². The van der Waals surface area contributed by atoms with Gasteiger partial charge in [0.05, 0.1) is 19.0 Å². The van der Waals surface area contributed by atoms with Crippen molar-refractivity contribution < 1.29 is 4.74 Å². The van der Waals surface area contributed by atoms with Gasteiger partial charge in [0.15, 0.2) is 5.65 Å². The van der Waals surface area contributed by atoms with Crippen LogP contribution >= 0.6 is 0 Å². The van der Waals surface area contributed by atoms with Gasteiger partial charge in [-0.15, -0.1) is 5.10 Å². The molecular weight excluding hydrogens is 228 g/mol. The van der Waals surface area contributed by atoms with Crippen LogP contribution in [0.4, 0.5) is 0 Å².